The highest BCUT2D eigenvalue weighted by atomic mass is 79.9. The predicted octanol–water partition coefficient (Wildman–Crippen LogP) is 2.20. The maximum atomic E-state index is 5.62. The van der Waals surface area contributed by atoms with Crippen molar-refractivity contribution in [2.24, 2.45) is 0 Å². The van der Waals surface area contributed by atoms with Crippen LogP contribution in [0.15, 0.2) is 17.0 Å². The van der Waals surface area contributed by atoms with Crippen molar-refractivity contribution in [3.05, 3.63) is 22.6 Å². The summed E-state index contributed by atoms with van der Waals surface area (Å²) < 4.78 is 2.54. The average molecular weight is 255 g/mol. The van der Waals surface area contributed by atoms with Gasteiger partial charge in [0.1, 0.15) is 4.60 Å². The summed E-state index contributed by atoms with van der Waals surface area (Å²) in [7, 11) is 0. The standard InChI is InChI=1S/C9H11BrN4/c1-5(2)7-8(10)13-14-4-6(11)3-12-9(7)14/h3-5H,11H2,1-2H3. The van der Waals surface area contributed by atoms with E-state index in [1.807, 2.05) is 0 Å². The molecule has 4 nitrogen and oxygen atoms in total. The Morgan fingerprint density at radius 2 is 2.21 bits per heavy atom. The monoisotopic (exact) mass is 254 g/mol. The number of nitrogen functional groups attached to an aromatic ring is 1. The van der Waals surface area contributed by atoms with Gasteiger partial charge in [0.15, 0.2) is 5.65 Å². The van der Waals surface area contributed by atoms with Crippen LogP contribution in [0.3, 0.4) is 0 Å². The van der Waals surface area contributed by atoms with Crippen molar-refractivity contribution in [3.8, 4) is 0 Å². The van der Waals surface area contributed by atoms with Crippen LogP contribution in [0.2, 0.25) is 0 Å². The maximum Gasteiger partial charge on any atom is 0.159 e. The molecule has 0 aromatic carbocycles. The van der Waals surface area contributed by atoms with E-state index in [-0.39, 0.29) is 0 Å². The topological polar surface area (TPSA) is 56.2 Å². The van der Waals surface area contributed by atoms with Gasteiger partial charge in [-0.25, -0.2) is 9.50 Å². The van der Waals surface area contributed by atoms with Crippen LogP contribution in [-0.4, -0.2) is 14.6 Å². The van der Waals surface area contributed by atoms with Gasteiger partial charge in [-0.3, -0.25) is 0 Å². The molecule has 0 saturated carbocycles. The fraction of sp³-hybridized carbons (Fsp3) is 0.333. The van der Waals surface area contributed by atoms with Crippen molar-refractivity contribution >= 4 is 27.3 Å². The summed E-state index contributed by atoms with van der Waals surface area (Å²) in [5.74, 6) is 0.387. The van der Waals surface area contributed by atoms with Crippen molar-refractivity contribution < 1.29 is 0 Å². The van der Waals surface area contributed by atoms with Gasteiger partial charge in [0, 0.05) is 5.56 Å². The first kappa shape index (κ1) is 9.45. The minimum atomic E-state index is 0.387. The fourth-order valence-corrected chi connectivity index (χ4v) is 2.24. The Bertz CT molecular complexity index is 475. The molecule has 2 N–H and O–H groups in total. The van der Waals surface area contributed by atoms with Gasteiger partial charge in [-0.1, -0.05) is 13.8 Å². The lowest BCUT2D eigenvalue weighted by molar-refractivity contribution is 0.866. The lowest BCUT2D eigenvalue weighted by Crippen LogP contribution is -1.95. The molecule has 0 radical (unpaired) electrons. The van der Waals surface area contributed by atoms with Gasteiger partial charge in [-0.15, -0.1) is 0 Å². The highest BCUT2D eigenvalue weighted by Crippen LogP contribution is 2.27. The first-order chi connectivity index (χ1) is 6.59. The summed E-state index contributed by atoms with van der Waals surface area (Å²) in [6, 6.07) is 0. The van der Waals surface area contributed by atoms with Crippen LogP contribution in [0.1, 0.15) is 25.3 Å². The summed E-state index contributed by atoms with van der Waals surface area (Å²) in [6.07, 6.45) is 3.41. The van der Waals surface area contributed by atoms with Crippen LogP contribution in [0.5, 0.6) is 0 Å². The number of nitrogens with zero attached hydrogens (tertiary/aromatic N) is 3. The molecular weight excluding hydrogens is 244 g/mol. The quantitative estimate of drug-likeness (QED) is 0.849. The van der Waals surface area contributed by atoms with E-state index in [9.17, 15) is 0 Å². The van der Waals surface area contributed by atoms with Crippen molar-refractivity contribution in [2.45, 2.75) is 19.8 Å². The molecule has 2 heterocycles. The second-order valence-electron chi connectivity index (χ2n) is 3.51. The van der Waals surface area contributed by atoms with Gasteiger partial charge in [0.25, 0.3) is 0 Å². The van der Waals surface area contributed by atoms with E-state index in [1.54, 1.807) is 16.9 Å². The van der Waals surface area contributed by atoms with E-state index in [0.29, 0.717) is 11.6 Å². The van der Waals surface area contributed by atoms with Crippen LogP contribution in [0, 0.1) is 0 Å². The Kier molecular flexibility index (Phi) is 2.19. The number of fused-ring (bicyclic) bond motifs is 1. The van der Waals surface area contributed by atoms with Gasteiger partial charge >= 0.3 is 0 Å². The second-order valence-corrected chi connectivity index (χ2v) is 4.27. The third kappa shape index (κ3) is 1.37. The van der Waals surface area contributed by atoms with Crippen molar-refractivity contribution in [3.63, 3.8) is 0 Å². The minimum Gasteiger partial charge on any atom is -0.396 e. The lowest BCUT2D eigenvalue weighted by atomic mass is 10.1. The largest absolute Gasteiger partial charge is 0.396 e. The molecule has 0 atom stereocenters. The van der Waals surface area contributed by atoms with Gasteiger partial charge in [-0.05, 0) is 21.8 Å². The summed E-state index contributed by atoms with van der Waals surface area (Å²) in [4.78, 5) is 4.27. The lowest BCUT2D eigenvalue weighted by Gasteiger charge is -2.01. The van der Waals surface area contributed by atoms with Crippen LogP contribution >= 0.6 is 15.9 Å². The average Bonchev–Trinajstić information content (AvgIpc) is 2.39. The molecule has 0 amide bonds. The number of nitrogens with two attached hydrogens (primary N) is 1. The third-order valence-corrected chi connectivity index (χ3v) is 2.65. The molecule has 2 rings (SSSR count). The number of aromatic nitrogens is 3. The second kappa shape index (κ2) is 3.24. The maximum absolute atomic E-state index is 5.62. The van der Waals surface area contributed by atoms with Crippen molar-refractivity contribution in [2.75, 3.05) is 5.73 Å². The van der Waals surface area contributed by atoms with Crippen molar-refractivity contribution in [1.82, 2.24) is 14.6 Å². The molecule has 2 aromatic heterocycles. The van der Waals surface area contributed by atoms with E-state index >= 15 is 0 Å². The Morgan fingerprint density at radius 1 is 1.50 bits per heavy atom. The van der Waals surface area contributed by atoms with E-state index < -0.39 is 0 Å². The normalized spacial score (nSPS) is 11.4. The summed E-state index contributed by atoms with van der Waals surface area (Å²) in [5, 5.41) is 4.29. The molecule has 5 heteroatoms. The number of anilines is 1. The fourth-order valence-electron chi connectivity index (χ4n) is 1.44. The molecule has 0 aliphatic carbocycles. The van der Waals surface area contributed by atoms with Gasteiger partial charge in [-0.2, -0.15) is 5.10 Å². The number of rotatable bonds is 1. The summed E-state index contributed by atoms with van der Waals surface area (Å²) in [6.45, 7) is 4.22. The summed E-state index contributed by atoms with van der Waals surface area (Å²) in [5.41, 5.74) is 8.21. The molecule has 0 fully saturated rings. The van der Waals surface area contributed by atoms with Crippen LogP contribution in [0.25, 0.3) is 5.65 Å². The van der Waals surface area contributed by atoms with E-state index in [2.05, 4.69) is 39.9 Å². The molecule has 2 aromatic rings. The van der Waals surface area contributed by atoms with E-state index in [4.69, 9.17) is 5.73 Å². The highest BCUT2D eigenvalue weighted by Gasteiger charge is 2.14. The molecule has 0 spiro atoms. The predicted molar refractivity (Wildman–Crippen MR) is 59.2 cm³/mol. The van der Waals surface area contributed by atoms with Crippen LogP contribution in [-0.2, 0) is 0 Å². The first-order valence-corrected chi connectivity index (χ1v) is 5.18. The van der Waals surface area contributed by atoms with Crippen LogP contribution in [0.4, 0.5) is 5.69 Å². The Morgan fingerprint density at radius 3 is 2.86 bits per heavy atom. The number of halogens is 1. The molecule has 0 unspecified atom stereocenters. The van der Waals surface area contributed by atoms with Crippen molar-refractivity contribution in [1.29, 1.82) is 0 Å². The zero-order valence-corrected chi connectivity index (χ0v) is 9.62. The number of hydrogen-bond donors (Lipinski definition) is 1. The SMILES string of the molecule is CC(C)c1c(Br)nn2cc(N)cnc12. The third-order valence-electron chi connectivity index (χ3n) is 2.06. The smallest absolute Gasteiger partial charge is 0.159 e. The molecular formula is C9H11BrN4. The number of hydrogen-bond acceptors (Lipinski definition) is 3. The Balaban J connectivity index is 2.77. The molecule has 0 saturated heterocycles. The first-order valence-electron chi connectivity index (χ1n) is 4.39. The van der Waals surface area contributed by atoms with Gasteiger partial charge < -0.3 is 5.73 Å². The van der Waals surface area contributed by atoms with Crippen LogP contribution < -0.4 is 5.73 Å². The zero-order valence-electron chi connectivity index (χ0n) is 8.03. The van der Waals surface area contributed by atoms with E-state index in [0.717, 1.165) is 15.8 Å². The molecule has 14 heavy (non-hydrogen) atoms. The molecule has 0 bridgehead atoms. The van der Waals surface area contributed by atoms with E-state index in [1.165, 1.54) is 0 Å². The zero-order chi connectivity index (χ0) is 10.3. The van der Waals surface area contributed by atoms with Gasteiger partial charge in [0.2, 0.25) is 0 Å². The molecule has 0 aliphatic heterocycles. The molecule has 74 valence electrons. The Labute approximate surface area is 90.3 Å². The Hall–Kier alpha value is -1.10. The highest BCUT2D eigenvalue weighted by molar-refractivity contribution is 9.10. The minimum absolute atomic E-state index is 0.387. The summed E-state index contributed by atoms with van der Waals surface area (Å²) >= 11 is 3.42. The van der Waals surface area contributed by atoms with Gasteiger partial charge in [0.05, 0.1) is 18.1 Å². The molecule has 0 aliphatic rings.